The van der Waals surface area contributed by atoms with Gasteiger partial charge in [0.1, 0.15) is 5.75 Å². The maximum absolute atomic E-state index is 5.18. The molecule has 142 valence electrons. The molecular weight excluding hydrogens is 390 g/mol. The summed E-state index contributed by atoms with van der Waals surface area (Å²) in [6.07, 6.45) is 3.71. The van der Waals surface area contributed by atoms with Gasteiger partial charge in [-0.2, -0.15) is 5.10 Å². The minimum atomic E-state index is 0.707. The molecule has 4 aromatic rings. The molecule has 4 rings (SSSR count). The van der Waals surface area contributed by atoms with Crippen molar-refractivity contribution in [2.75, 3.05) is 12.4 Å². The molecule has 0 atom stereocenters. The predicted octanol–water partition coefficient (Wildman–Crippen LogP) is 4.64. The lowest BCUT2D eigenvalue weighted by molar-refractivity contribution is 0.414. The van der Waals surface area contributed by atoms with Crippen LogP contribution in [0.2, 0.25) is 0 Å². The van der Waals surface area contributed by atoms with Crippen molar-refractivity contribution in [1.82, 2.24) is 20.0 Å². The van der Waals surface area contributed by atoms with Crippen LogP contribution in [0.5, 0.6) is 5.75 Å². The van der Waals surface area contributed by atoms with Crippen LogP contribution >= 0.6 is 23.1 Å². The Hall–Kier alpha value is -2.84. The molecule has 0 aliphatic heterocycles. The van der Waals surface area contributed by atoms with Gasteiger partial charge < -0.3 is 10.1 Å². The fourth-order valence-electron chi connectivity index (χ4n) is 2.57. The number of methoxy groups -OCH3 is 1. The molecule has 0 saturated heterocycles. The molecule has 1 N–H and O–H groups in total. The average molecular weight is 410 g/mol. The highest BCUT2D eigenvalue weighted by Gasteiger charge is 2.06. The van der Waals surface area contributed by atoms with E-state index >= 15 is 0 Å². The molecular formula is C20H19N5OS2. The Morgan fingerprint density at radius 3 is 2.54 bits per heavy atom. The van der Waals surface area contributed by atoms with Crippen LogP contribution in [0, 0.1) is 0 Å². The molecule has 0 spiro atoms. The van der Waals surface area contributed by atoms with Crippen molar-refractivity contribution in [1.29, 1.82) is 0 Å². The largest absolute Gasteiger partial charge is 0.497 e. The highest BCUT2D eigenvalue weighted by atomic mass is 32.2. The standard InChI is InChI=1S/C20H19N5OS2/c1-26-18-9-5-15(6-10-18)13-21-19-23-24-20(28-19)27-14-16-3-7-17(8-4-16)25-12-2-11-22-25/h2-12H,13-14H2,1H3,(H,21,23). The van der Waals surface area contributed by atoms with E-state index < -0.39 is 0 Å². The van der Waals surface area contributed by atoms with Crippen LogP contribution in [0.4, 0.5) is 5.13 Å². The van der Waals surface area contributed by atoms with Crippen molar-refractivity contribution in [2.24, 2.45) is 0 Å². The Bertz CT molecular complexity index is 998. The molecule has 2 aromatic carbocycles. The van der Waals surface area contributed by atoms with Gasteiger partial charge in [-0.1, -0.05) is 47.4 Å². The van der Waals surface area contributed by atoms with E-state index in [0.29, 0.717) is 6.54 Å². The van der Waals surface area contributed by atoms with E-state index in [-0.39, 0.29) is 0 Å². The third-order valence-electron chi connectivity index (χ3n) is 4.08. The zero-order chi connectivity index (χ0) is 19.2. The monoisotopic (exact) mass is 409 g/mol. The van der Waals surface area contributed by atoms with Crippen molar-refractivity contribution in [2.45, 2.75) is 16.6 Å². The summed E-state index contributed by atoms with van der Waals surface area (Å²) < 4.78 is 7.98. The van der Waals surface area contributed by atoms with Crippen molar-refractivity contribution in [3.05, 3.63) is 78.1 Å². The normalized spacial score (nSPS) is 10.8. The lowest BCUT2D eigenvalue weighted by atomic mass is 10.2. The van der Waals surface area contributed by atoms with Gasteiger partial charge in [-0.25, -0.2) is 4.68 Å². The van der Waals surface area contributed by atoms with E-state index in [1.54, 1.807) is 36.4 Å². The number of nitrogens with one attached hydrogen (secondary N) is 1. The minimum absolute atomic E-state index is 0.707. The third-order valence-corrected chi connectivity index (χ3v) is 6.16. The minimum Gasteiger partial charge on any atom is -0.497 e. The topological polar surface area (TPSA) is 64.9 Å². The molecule has 0 fully saturated rings. The van der Waals surface area contributed by atoms with Crippen LogP contribution in [-0.2, 0) is 12.3 Å². The Morgan fingerprint density at radius 1 is 1.04 bits per heavy atom. The zero-order valence-electron chi connectivity index (χ0n) is 15.3. The molecule has 6 nitrogen and oxygen atoms in total. The molecule has 2 heterocycles. The number of hydrogen-bond acceptors (Lipinski definition) is 7. The van der Waals surface area contributed by atoms with Crippen molar-refractivity contribution in [3.8, 4) is 11.4 Å². The number of aromatic nitrogens is 4. The van der Waals surface area contributed by atoms with Crippen molar-refractivity contribution < 1.29 is 4.74 Å². The van der Waals surface area contributed by atoms with E-state index in [9.17, 15) is 0 Å². The Morgan fingerprint density at radius 2 is 1.82 bits per heavy atom. The fraction of sp³-hybridized carbons (Fsp3) is 0.150. The van der Waals surface area contributed by atoms with Crippen LogP contribution in [0.1, 0.15) is 11.1 Å². The number of hydrogen-bond donors (Lipinski definition) is 1. The van der Waals surface area contributed by atoms with Gasteiger partial charge in [-0.3, -0.25) is 0 Å². The van der Waals surface area contributed by atoms with E-state index in [1.807, 2.05) is 41.2 Å². The van der Waals surface area contributed by atoms with Gasteiger partial charge in [-0.05, 0) is 41.5 Å². The summed E-state index contributed by atoms with van der Waals surface area (Å²) in [6.45, 7) is 0.707. The lowest BCUT2D eigenvalue weighted by Crippen LogP contribution is -1.98. The Balaban J connectivity index is 1.28. The molecule has 0 amide bonds. The smallest absolute Gasteiger partial charge is 0.206 e. The van der Waals surface area contributed by atoms with Crippen LogP contribution in [-0.4, -0.2) is 27.1 Å². The van der Waals surface area contributed by atoms with Crippen LogP contribution in [0.3, 0.4) is 0 Å². The van der Waals surface area contributed by atoms with E-state index in [4.69, 9.17) is 4.74 Å². The summed E-state index contributed by atoms with van der Waals surface area (Å²) in [6, 6.07) is 18.3. The summed E-state index contributed by atoms with van der Waals surface area (Å²) in [5.74, 6) is 1.71. The number of ether oxygens (including phenoxy) is 1. The summed E-state index contributed by atoms with van der Waals surface area (Å²) in [5, 5.41) is 16.9. The molecule has 28 heavy (non-hydrogen) atoms. The van der Waals surface area contributed by atoms with Crippen LogP contribution in [0.15, 0.2) is 71.3 Å². The molecule has 2 aromatic heterocycles. The first kappa shape index (κ1) is 18.5. The fourth-order valence-corrected chi connectivity index (χ4v) is 4.28. The van der Waals surface area contributed by atoms with Gasteiger partial charge >= 0.3 is 0 Å². The summed E-state index contributed by atoms with van der Waals surface area (Å²) >= 11 is 3.26. The first-order valence-corrected chi connectivity index (χ1v) is 10.5. The van der Waals surface area contributed by atoms with Gasteiger partial charge in [0.05, 0.1) is 12.8 Å². The first-order chi connectivity index (χ1) is 13.8. The summed E-state index contributed by atoms with van der Waals surface area (Å²) in [5.41, 5.74) is 3.46. The molecule has 0 aliphatic carbocycles. The SMILES string of the molecule is COc1ccc(CNc2nnc(SCc3ccc(-n4cccn4)cc3)s2)cc1. The number of anilines is 1. The molecule has 0 bridgehead atoms. The molecule has 0 saturated carbocycles. The summed E-state index contributed by atoms with van der Waals surface area (Å²) in [7, 11) is 1.67. The van der Waals surface area contributed by atoms with Gasteiger partial charge in [0.25, 0.3) is 0 Å². The quantitative estimate of drug-likeness (QED) is 0.428. The zero-order valence-corrected chi connectivity index (χ0v) is 16.9. The second-order valence-corrected chi connectivity index (χ2v) is 8.18. The Kier molecular flexibility index (Phi) is 5.89. The number of nitrogens with zero attached hydrogens (tertiary/aromatic N) is 4. The summed E-state index contributed by atoms with van der Waals surface area (Å²) in [4.78, 5) is 0. The van der Waals surface area contributed by atoms with Gasteiger partial charge in [0, 0.05) is 24.7 Å². The van der Waals surface area contributed by atoms with Crippen molar-refractivity contribution >= 4 is 28.2 Å². The molecule has 0 aliphatic rings. The van der Waals surface area contributed by atoms with Gasteiger partial charge in [0.2, 0.25) is 5.13 Å². The predicted molar refractivity (Wildman–Crippen MR) is 113 cm³/mol. The number of thioether (sulfide) groups is 1. The number of rotatable bonds is 8. The van der Waals surface area contributed by atoms with Crippen LogP contribution < -0.4 is 10.1 Å². The van der Waals surface area contributed by atoms with Gasteiger partial charge in [0.15, 0.2) is 4.34 Å². The van der Waals surface area contributed by atoms with E-state index in [0.717, 1.165) is 26.7 Å². The molecule has 8 heteroatoms. The second-order valence-electron chi connectivity index (χ2n) is 5.98. The maximum Gasteiger partial charge on any atom is 0.206 e. The highest BCUT2D eigenvalue weighted by Crippen LogP contribution is 2.28. The highest BCUT2D eigenvalue weighted by molar-refractivity contribution is 8.00. The second kappa shape index (κ2) is 8.90. The first-order valence-electron chi connectivity index (χ1n) is 8.72. The van der Waals surface area contributed by atoms with Crippen molar-refractivity contribution in [3.63, 3.8) is 0 Å². The lowest BCUT2D eigenvalue weighted by Gasteiger charge is -2.04. The van der Waals surface area contributed by atoms with Gasteiger partial charge in [-0.15, -0.1) is 10.2 Å². The maximum atomic E-state index is 5.18. The van der Waals surface area contributed by atoms with E-state index in [2.05, 4.69) is 44.9 Å². The average Bonchev–Trinajstić information content (AvgIpc) is 3.44. The van der Waals surface area contributed by atoms with E-state index in [1.165, 1.54) is 11.1 Å². The third kappa shape index (κ3) is 4.71. The van der Waals surface area contributed by atoms with Crippen LogP contribution in [0.25, 0.3) is 5.69 Å². The molecule has 0 radical (unpaired) electrons. The number of benzene rings is 2. The Labute approximate surface area is 171 Å². The molecule has 0 unspecified atom stereocenters.